The number of nitro groups is 1. The van der Waals surface area contributed by atoms with Gasteiger partial charge in [-0.05, 0) is 0 Å². The van der Waals surface area contributed by atoms with Gasteiger partial charge in [0, 0.05) is 24.1 Å². The predicted molar refractivity (Wildman–Crippen MR) is 69.4 cm³/mol. The smallest absolute Gasteiger partial charge is 0.276 e. The third-order valence-electron chi connectivity index (χ3n) is 2.59. The van der Waals surface area contributed by atoms with Gasteiger partial charge in [-0.1, -0.05) is 6.92 Å². The minimum absolute atomic E-state index is 0.00150. The molecule has 1 aromatic rings. The largest absolute Gasteiger partial charge is 0.383 e. The van der Waals surface area contributed by atoms with Crippen LogP contribution in [0.25, 0.3) is 0 Å². The number of hydrogen-bond acceptors (Lipinski definition) is 6. The first-order chi connectivity index (χ1) is 8.06. The van der Waals surface area contributed by atoms with Crippen LogP contribution in [-0.4, -0.2) is 34.0 Å². The normalized spacial score (nSPS) is 20.3. The first-order valence-corrected chi connectivity index (χ1v) is 6.39. The molecule has 0 spiro atoms. The summed E-state index contributed by atoms with van der Waals surface area (Å²) in [5.41, 5.74) is 5.59. The zero-order chi connectivity index (χ0) is 12.4. The van der Waals surface area contributed by atoms with E-state index in [1.165, 1.54) is 12.1 Å². The number of anilines is 2. The van der Waals surface area contributed by atoms with Crippen molar-refractivity contribution >= 4 is 29.1 Å². The lowest BCUT2D eigenvalue weighted by Gasteiger charge is -2.31. The van der Waals surface area contributed by atoms with Crippen molar-refractivity contribution in [3.63, 3.8) is 0 Å². The quantitative estimate of drug-likeness (QED) is 0.636. The fourth-order valence-electron chi connectivity index (χ4n) is 1.82. The van der Waals surface area contributed by atoms with E-state index in [2.05, 4.69) is 11.9 Å². The number of thioether (sulfide) groups is 1. The highest BCUT2D eigenvalue weighted by Gasteiger charge is 2.20. The highest BCUT2D eigenvalue weighted by Crippen LogP contribution is 2.26. The van der Waals surface area contributed by atoms with Crippen LogP contribution in [-0.2, 0) is 0 Å². The minimum atomic E-state index is -0.441. The molecule has 1 fully saturated rings. The van der Waals surface area contributed by atoms with Gasteiger partial charge in [0.05, 0.1) is 17.1 Å². The fourth-order valence-corrected chi connectivity index (χ4v) is 2.83. The SMILES string of the molecule is CC1CN(c2cc([N+](=O)[O-])cc(N)n2)CCS1. The summed E-state index contributed by atoms with van der Waals surface area (Å²) in [6.07, 6.45) is 0. The summed E-state index contributed by atoms with van der Waals surface area (Å²) in [6.45, 7) is 3.83. The molecular weight excluding hydrogens is 240 g/mol. The third kappa shape index (κ3) is 2.79. The number of pyridine rings is 1. The minimum Gasteiger partial charge on any atom is -0.383 e. The van der Waals surface area contributed by atoms with E-state index < -0.39 is 4.92 Å². The Labute approximate surface area is 103 Å². The Balaban J connectivity index is 2.28. The molecule has 92 valence electrons. The zero-order valence-corrected chi connectivity index (χ0v) is 10.3. The summed E-state index contributed by atoms with van der Waals surface area (Å²) in [7, 11) is 0. The van der Waals surface area contributed by atoms with Crippen molar-refractivity contribution in [1.82, 2.24) is 4.98 Å². The summed E-state index contributed by atoms with van der Waals surface area (Å²) >= 11 is 1.90. The van der Waals surface area contributed by atoms with E-state index in [0.29, 0.717) is 11.1 Å². The van der Waals surface area contributed by atoms with E-state index in [-0.39, 0.29) is 11.5 Å². The van der Waals surface area contributed by atoms with Gasteiger partial charge in [0.2, 0.25) is 0 Å². The molecule has 0 amide bonds. The summed E-state index contributed by atoms with van der Waals surface area (Å²) < 4.78 is 0. The molecule has 1 unspecified atom stereocenters. The average molecular weight is 254 g/mol. The van der Waals surface area contributed by atoms with Gasteiger partial charge in [-0.3, -0.25) is 10.1 Å². The number of nitrogen functional groups attached to an aromatic ring is 1. The van der Waals surface area contributed by atoms with Gasteiger partial charge in [-0.25, -0.2) is 4.98 Å². The molecule has 1 atom stereocenters. The van der Waals surface area contributed by atoms with Gasteiger partial charge in [-0.2, -0.15) is 11.8 Å². The van der Waals surface area contributed by atoms with E-state index in [4.69, 9.17) is 5.73 Å². The Kier molecular flexibility index (Phi) is 3.37. The Bertz CT molecular complexity index is 440. The molecule has 2 N–H and O–H groups in total. The standard InChI is InChI=1S/C10H14N4O2S/c1-7-6-13(2-3-17-7)10-5-8(14(15)16)4-9(11)12-10/h4-5,7H,2-3,6H2,1H3,(H2,11,12). The lowest BCUT2D eigenvalue weighted by atomic mass is 10.3. The van der Waals surface area contributed by atoms with Crippen molar-refractivity contribution in [2.24, 2.45) is 0 Å². The molecule has 7 heteroatoms. The zero-order valence-electron chi connectivity index (χ0n) is 9.50. The summed E-state index contributed by atoms with van der Waals surface area (Å²) in [6, 6.07) is 2.77. The lowest BCUT2D eigenvalue weighted by molar-refractivity contribution is -0.384. The van der Waals surface area contributed by atoms with Crippen LogP contribution >= 0.6 is 11.8 Å². The van der Waals surface area contributed by atoms with Crippen LogP contribution in [0.2, 0.25) is 0 Å². The van der Waals surface area contributed by atoms with E-state index in [9.17, 15) is 10.1 Å². The number of nitrogens with two attached hydrogens (primary N) is 1. The molecule has 0 aromatic carbocycles. The maximum atomic E-state index is 10.8. The van der Waals surface area contributed by atoms with Crippen molar-refractivity contribution in [1.29, 1.82) is 0 Å². The fraction of sp³-hybridized carbons (Fsp3) is 0.500. The predicted octanol–water partition coefficient (Wildman–Crippen LogP) is 1.51. The molecule has 1 aliphatic rings. The number of aromatic nitrogens is 1. The maximum absolute atomic E-state index is 10.8. The van der Waals surface area contributed by atoms with Crippen LogP contribution in [0.3, 0.4) is 0 Å². The van der Waals surface area contributed by atoms with E-state index in [1.807, 2.05) is 16.7 Å². The molecule has 0 aliphatic carbocycles. The van der Waals surface area contributed by atoms with E-state index in [0.717, 1.165) is 18.8 Å². The molecule has 1 aromatic heterocycles. The Morgan fingerprint density at radius 1 is 1.65 bits per heavy atom. The molecule has 2 heterocycles. The second-order valence-electron chi connectivity index (χ2n) is 3.99. The van der Waals surface area contributed by atoms with Gasteiger partial charge < -0.3 is 10.6 Å². The molecular formula is C10H14N4O2S. The van der Waals surface area contributed by atoms with Crippen LogP contribution in [0.4, 0.5) is 17.3 Å². The first-order valence-electron chi connectivity index (χ1n) is 5.35. The molecule has 17 heavy (non-hydrogen) atoms. The number of nitrogens with zero attached hydrogens (tertiary/aromatic N) is 3. The van der Waals surface area contributed by atoms with Crippen molar-refractivity contribution in [2.45, 2.75) is 12.2 Å². The van der Waals surface area contributed by atoms with Gasteiger partial charge in [0.25, 0.3) is 5.69 Å². The highest BCUT2D eigenvalue weighted by atomic mass is 32.2. The van der Waals surface area contributed by atoms with E-state index >= 15 is 0 Å². The highest BCUT2D eigenvalue weighted by molar-refractivity contribution is 8.00. The second kappa shape index (κ2) is 4.79. The Morgan fingerprint density at radius 3 is 3.06 bits per heavy atom. The van der Waals surface area contributed by atoms with Crippen molar-refractivity contribution < 1.29 is 4.92 Å². The topological polar surface area (TPSA) is 85.3 Å². The number of hydrogen-bond donors (Lipinski definition) is 1. The molecule has 2 rings (SSSR count). The molecule has 1 saturated heterocycles. The van der Waals surface area contributed by atoms with E-state index in [1.54, 1.807) is 0 Å². The van der Waals surface area contributed by atoms with Crippen LogP contribution in [0.1, 0.15) is 6.92 Å². The van der Waals surface area contributed by atoms with Crippen LogP contribution in [0.15, 0.2) is 12.1 Å². The molecule has 0 saturated carbocycles. The van der Waals surface area contributed by atoms with Crippen LogP contribution < -0.4 is 10.6 Å². The van der Waals surface area contributed by atoms with Gasteiger partial charge in [-0.15, -0.1) is 0 Å². The third-order valence-corrected chi connectivity index (χ3v) is 3.73. The maximum Gasteiger partial charge on any atom is 0.276 e. The van der Waals surface area contributed by atoms with Gasteiger partial charge in [0.15, 0.2) is 0 Å². The van der Waals surface area contributed by atoms with Crippen molar-refractivity contribution in [3.8, 4) is 0 Å². The number of rotatable bonds is 2. The van der Waals surface area contributed by atoms with Crippen LogP contribution in [0, 0.1) is 10.1 Å². The second-order valence-corrected chi connectivity index (χ2v) is 5.54. The first kappa shape index (κ1) is 12.0. The van der Waals surface area contributed by atoms with Gasteiger partial charge >= 0.3 is 0 Å². The Hall–Kier alpha value is -1.50. The summed E-state index contributed by atoms with van der Waals surface area (Å²) in [5.74, 6) is 1.80. The van der Waals surface area contributed by atoms with Crippen molar-refractivity contribution in [3.05, 3.63) is 22.2 Å². The Morgan fingerprint density at radius 2 is 2.41 bits per heavy atom. The molecule has 6 nitrogen and oxygen atoms in total. The summed E-state index contributed by atoms with van der Waals surface area (Å²) in [5, 5.41) is 11.3. The summed E-state index contributed by atoms with van der Waals surface area (Å²) in [4.78, 5) is 16.5. The van der Waals surface area contributed by atoms with Gasteiger partial charge in [0.1, 0.15) is 11.6 Å². The molecule has 1 aliphatic heterocycles. The van der Waals surface area contributed by atoms with Crippen LogP contribution in [0.5, 0.6) is 0 Å². The lowest BCUT2D eigenvalue weighted by Crippen LogP contribution is -2.37. The van der Waals surface area contributed by atoms with Crippen molar-refractivity contribution in [2.75, 3.05) is 29.5 Å². The monoisotopic (exact) mass is 254 g/mol. The molecule has 0 bridgehead atoms. The average Bonchev–Trinajstić information content (AvgIpc) is 2.28. The molecule has 0 radical (unpaired) electrons.